The molecule has 0 bridgehead atoms. The highest BCUT2D eigenvalue weighted by Gasteiger charge is 2.53. The minimum absolute atomic E-state index is 0.192. The first-order valence-corrected chi connectivity index (χ1v) is 32.3. The zero-order valence-electron chi connectivity index (χ0n) is 51.3. The molecular weight excluding hydrogens is 1090 g/mol. The van der Waals surface area contributed by atoms with Gasteiger partial charge in [0.05, 0.1) is 38.6 Å². The van der Waals surface area contributed by atoms with Crippen molar-refractivity contribution >= 4 is 5.91 Å². The van der Waals surface area contributed by atoms with Crippen molar-refractivity contribution in [1.29, 1.82) is 0 Å². The van der Waals surface area contributed by atoms with Crippen LogP contribution in [0.3, 0.4) is 0 Å². The van der Waals surface area contributed by atoms with Gasteiger partial charge in [0.1, 0.15) is 73.2 Å². The summed E-state index contributed by atoms with van der Waals surface area (Å²) in [7, 11) is 0. The number of aliphatic hydroxyl groups excluding tert-OH is 11. The van der Waals surface area contributed by atoms with Crippen LogP contribution >= 0.6 is 0 Å². The zero-order valence-corrected chi connectivity index (χ0v) is 51.3. The normalized spacial score (nSPS) is 29.5. The quantitative estimate of drug-likeness (QED) is 0.0213. The molecule has 12 N–H and O–H groups in total. The average Bonchev–Trinajstić information content (AvgIpc) is 3.10. The molecule has 0 aliphatic carbocycles. The zero-order chi connectivity index (χ0) is 61.9. The summed E-state index contributed by atoms with van der Waals surface area (Å²) in [5.74, 6) is -0.320. The Morgan fingerprint density at radius 2 is 0.824 bits per heavy atom. The second-order valence-corrected chi connectivity index (χ2v) is 22.8. The third-order valence-electron chi connectivity index (χ3n) is 15.7. The highest BCUT2D eigenvalue weighted by molar-refractivity contribution is 5.76. The van der Waals surface area contributed by atoms with E-state index in [9.17, 15) is 61.0 Å². The van der Waals surface area contributed by atoms with E-state index in [1.54, 1.807) is 6.08 Å². The van der Waals surface area contributed by atoms with E-state index in [0.29, 0.717) is 12.8 Å². The van der Waals surface area contributed by atoms with Gasteiger partial charge in [0, 0.05) is 6.42 Å². The van der Waals surface area contributed by atoms with Gasteiger partial charge in [0.25, 0.3) is 0 Å². The van der Waals surface area contributed by atoms with Crippen molar-refractivity contribution in [3.8, 4) is 0 Å². The Bertz CT molecular complexity index is 1880. The van der Waals surface area contributed by atoms with Gasteiger partial charge < -0.3 is 89.9 Å². The van der Waals surface area contributed by atoms with Gasteiger partial charge in [-0.05, 0) is 77.0 Å². The molecule has 490 valence electrons. The number of aliphatic hydroxyl groups is 11. The number of ether oxygens (including phenoxy) is 6. The first-order chi connectivity index (χ1) is 41.3. The van der Waals surface area contributed by atoms with Crippen LogP contribution in [0.1, 0.15) is 194 Å². The third-order valence-corrected chi connectivity index (χ3v) is 15.7. The van der Waals surface area contributed by atoms with Gasteiger partial charge in [-0.2, -0.15) is 0 Å². The monoisotopic (exact) mass is 1210 g/mol. The van der Waals surface area contributed by atoms with Gasteiger partial charge in [-0.15, -0.1) is 0 Å². The molecular formula is C66H113NO18. The van der Waals surface area contributed by atoms with E-state index >= 15 is 0 Å². The largest absolute Gasteiger partial charge is 0.394 e. The van der Waals surface area contributed by atoms with Crippen LogP contribution in [0.4, 0.5) is 0 Å². The first-order valence-electron chi connectivity index (χ1n) is 32.3. The maximum atomic E-state index is 13.3. The summed E-state index contributed by atoms with van der Waals surface area (Å²) < 4.78 is 34.3. The number of hydrogen-bond acceptors (Lipinski definition) is 18. The second kappa shape index (κ2) is 47.9. The molecule has 19 heteroatoms. The number of nitrogens with one attached hydrogen (secondary N) is 1. The van der Waals surface area contributed by atoms with E-state index in [1.165, 1.54) is 89.9 Å². The molecule has 17 unspecified atom stereocenters. The van der Waals surface area contributed by atoms with E-state index in [1.807, 2.05) is 6.08 Å². The SMILES string of the molecule is CC/C=C\C/C=C\C/C=C\C/C=C\C/C=C\CCCCCC(=O)NC(COC1OC(CO)C(OC2OC(CO)C(OC3OC(CO)C(O)C(O)C3O)C(O)C2O)C(O)C1O)C(O)/C=C/CC/C=C/CCCCCCCCCCCCCCCCC. The lowest BCUT2D eigenvalue weighted by molar-refractivity contribution is -0.379. The molecule has 19 nitrogen and oxygen atoms in total. The molecule has 0 aromatic heterocycles. The van der Waals surface area contributed by atoms with Crippen LogP contribution < -0.4 is 5.32 Å². The number of amides is 1. The van der Waals surface area contributed by atoms with E-state index < -0.39 is 124 Å². The van der Waals surface area contributed by atoms with Gasteiger partial charge in [-0.25, -0.2) is 0 Å². The van der Waals surface area contributed by atoms with E-state index in [2.05, 4.69) is 92.1 Å². The summed E-state index contributed by atoms with van der Waals surface area (Å²) >= 11 is 0. The van der Waals surface area contributed by atoms with Crippen LogP contribution in [-0.4, -0.2) is 193 Å². The van der Waals surface area contributed by atoms with Crippen LogP contribution in [0.25, 0.3) is 0 Å². The lowest BCUT2D eigenvalue weighted by Gasteiger charge is -2.48. The van der Waals surface area contributed by atoms with Gasteiger partial charge in [0.15, 0.2) is 18.9 Å². The molecule has 3 saturated heterocycles. The van der Waals surface area contributed by atoms with Gasteiger partial charge in [-0.3, -0.25) is 4.79 Å². The van der Waals surface area contributed by atoms with Crippen molar-refractivity contribution < 1.29 is 89.4 Å². The van der Waals surface area contributed by atoms with Crippen molar-refractivity contribution in [2.45, 2.75) is 298 Å². The molecule has 3 aliphatic heterocycles. The molecule has 0 aromatic rings. The number of carbonyl (C=O) groups excluding carboxylic acids is 1. The number of unbranched alkanes of at least 4 members (excludes halogenated alkanes) is 19. The van der Waals surface area contributed by atoms with Gasteiger partial charge in [0.2, 0.25) is 5.91 Å². The summed E-state index contributed by atoms with van der Waals surface area (Å²) in [6.45, 7) is 1.56. The van der Waals surface area contributed by atoms with Gasteiger partial charge in [-0.1, -0.05) is 195 Å². The summed E-state index contributed by atoms with van der Waals surface area (Å²) in [6.07, 6.45) is 32.7. The van der Waals surface area contributed by atoms with E-state index in [4.69, 9.17) is 28.4 Å². The van der Waals surface area contributed by atoms with Gasteiger partial charge >= 0.3 is 0 Å². The smallest absolute Gasteiger partial charge is 0.220 e. The van der Waals surface area contributed by atoms with Crippen molar-refractivity contribution in [3.05, 3.63) is 85.1 Å². The molecule has 0 aromatic carbocycles. The highest BCUT2D eigenvalue weighted by atomic mass is 16.8. The van der Waals surface area contributed by atoms with Crippen molar-refractivity contribution in [3.63, 3.8) is 0 Å². The summed E-state index contributed by atoms with van der Waals surface area (Å²) in [6, 6.07) is -1.01. The maximum absolute atomic E-state index is 13.3. The molecule has 17 atom stereocenters. The Balaban J connectivity index is 1.51. The molecule has 3 rings (SSSR count). The molecule has 3 fully saturated rings. The van der Waals surface area contributed by atoms with Crippen molar-refractivity contribution in [1.82, 2.24) is 5.32 Å². The fraction of sp³-hybridized carbons (Fsp3) is 0.773. The van der Waals surface area contributed by atoms with Crippen LogP contribution in [0.2, 0.25) is 0 Å². The minimum Gasteiger partial charge on any atom is -0.394 e. The van der Waals surface area contributed by atoms with Crippen LogP contribution in [0, 0.1) is 0 Å². The minimum atomic E-state index is -1.99. The summed E-state index contributed by atoms with van der Waals surface area (Å²) in [5.41, 5.74) is 0. The predicted molar refractivity (Wildman–Crippen MR) is 328 cm³/mol. The fourth-order valence-electron chi connectivity index (χ4n) is 10.4. The molecule has 3 heterocycles. The Morgan fingerprint density at radius 1 is 0.435 bits per heavy atom. The highest BCUT2D eigenvalue weighted by Crippen LogP contribution is 2.33. The molecule has 0 saturated carbocycles. The second-order valence-electron chi connectivity index (χ2n) is 22.8. The fourth-order valence-corrected chi connectivity index (χ4v) is 10.4. The summed E-state index contributed by atoms with van der Waals surface area (Å²) in [5, 5.41) is 120. The topological polar surface area (TPSA) is 307 Å². The lowest BCUT2D eigenvalue weighted by Crippen LogP contribution is -2.66. The Kier molecular flexibility index (Phi) is 43.0. The standard InChI is InChI=1S/C66H113NO18/c1-3-5-7-9-11-13-15-17-19-21-23-24-26-27-29-31-33-35-37-39-41-43-50(71)49(67-54(72)44-42-40-38-36-34-32-30-28-25-22-20-18-16-14-12-10-8-6-4-2)48-80-64-60(78)57(75)62(52(46-69)82-64)85-66-61(79)58(76)63(53(47-70)83-66)84-65-59(77)56(74)55(73)51(45-68)81-65/h6,8,12,14,18,20,25,28,32-35,41,43,49-53,55-66,68-71,73-79H,3-5,7,9-11,13,15-17,19,21-24,26-27,29-31,36-40,42,44-48H2,1-2H3,(H,67,72)/b8-6-,14-12-,20-18-,28-25-,34-32-,35-33+,43-41+. The Morgan fingerprint density at radius 3 is 1.32 bits per heavy atom. The number of allylic oxidation sites excluding steroid dienone is 13. The molecule has 85 heavy (non-hydrogen) atoms. The molecule has 0 radical (unpaired) electrons. The molecule has 0 spiro atoms. The first kappa shape index (κ1) is 76.2. The van der Waals surface area contributed by atoms with Crippen molar-refractivity contribution in [2.75, 3.05) is 26.4 Å². The lowest BCUT2D eigenvalue weighted by atomic mass is 9.96. The number of hydrogen-bond donors (Lipinski definition) is 12. The number of carbonyl (C=O) groups is 1. The summed E-state index contributed by atoms with van der Waals surface area (Å²) in [4.78, 5) is 13.3. The number of rotatable bonds is 47. The van der Waals surface area contributed by atoms with Crippen LogP contribution in [-0.2, 0) is 33.2 Å². The predicted octanol–water partition coefficient (Wildman–Crippen LogP) is 7.15. The third kappa shape index (κ3) is 30.8. The average molecular weight is 1210 g/mol. The van der Waals surface area contributed by atoms with Crippen LogP contribution in [0.15, 0.2) is 85.1 Å². The van der Waals surface area contributed by atoms with E-state index in [-0.39, 0.29) is 18.9 Å². The van der Waals surface area contributed by atoms with Crippen molar-refractivity contribution in [2.24, 2.45) is 0 Å². The maximum Gasteiger partial charge on any atom is 0.220 e. The molecule has 3 aliphatic rings. The Labute approximate surface area is 508 Å². The van der Waals surface area contributed by atoms with E-state index in [0.717, 1.165) is 70.6 Å². The van der Waals surface area contributed by atoms with Crippen LogP contribution in [0.5, 0.6) is 0 Å². The molecule has 1 amide bonds. The Hall–Kier alpha value is -3.03.